The van der Waals surface area contributed by atoms with Crippen LogP contribution in [-0.2, 0) is 9.63 Å². The number of aryl methyl sites for hydroxylation is 1. The van der Waals surface area contributed by atoms with E-state index in [1.54, 1.807) is 12.1 Å². The Kier molecular flexibility index (Phi) is 4.19. The van der Waals surface area contributed by atoms with E-state index in [1.807, 2.05) is 13.0 Å². The molecule has 1 aromatic rings. The molecule has 1 heterocycles. The summed E-state index contributed by atoms with van der Waals surface area (Å²) in [6, 6.07) is 5.33. The Bertz CT molecular complexity index is 453. The number of anilines is 1. The quantitative estimate of drug-likeness (QED) is 0.866. The largest absolute Gasteiger partial charge is 0.389 e. The van der Waals surface area contributed by atoms with Crippen LogP contribution in [0.25, 0.3) is 0 Å². The second kappa shape index (κ2) is 5.67. The van der Waals surface area contributed by atoms with E-state index in [0.29, 0.717) is 17.3 Å². The SMILES string of the molecule is Cc1ccc(NC(=O)CN2C[C@H](O)CO2)cc1Cl. The normalized spacial score (nSPS) is 20.1. The molecule has 1 saturated heterocycles. The Morgan fingerprint density at radius 1 is 1.67 bits per heavy atom. The van der Waals surface area contributed by atoms with Crippen LogP contribution in [0.15, 0.2) is 18.2 Å². The Balaban J connectivity index is 1.89. The van der Waals surface area contributed by atoms with Crippen molar-refractivity contribution in [1.82, 2.24) is 5.06 Å². The van der Waals surface area contributed by atoms with Crippen molar-refractivity contribution in [3.8, 4) is 0 Å². The second-order valence-corrected chi connectivity index (χ2v) is 4.69. The summed E-state index contributed by atoms with van der Waals surface area (Å²) in [5, 5.41) is 14.0. The molecule has 18 heavy (non-hydrogen) atoms. The van der Waals surface area contributed by atoms with Gasteiger partial charge in [-0.15, -0.1) is 0 Å². The number of hydrogen-bond donors (Lipinski definition) is 2. The maximum atomic E-state index is 11.7. The van der Waals surface area contributed by atoms with E-state index < -0.39 is 6.10 Å². The highest BCUT2D eigenvalue weighted by atomic mass is 35.5. The van der Waals surface area contributed by atoms with Crippen LogP contribution in [0.4, 0.5) is 5.69 Å². The van der Waals surface area contributed by atoms with E-state index in [4.69, 9.17) is 16.4 Å². The van der Waals surface area contributed by atoms with E-state index >= 15 is 0 Å². The van der Waals surface area contributed by atoms with Gasteiger partial charge in [-0.3, -0.25) is 9.63 Å². The van der Waals surface area contributed by atoms with E-state index in [0.717, 1.165) is 5.56 Å². The molecule has 0 unspecified atom stereocenters. The topological polar surface area (TPSA) is 61.8 Å². The number of hydroxylamine groups is 2. The van der Waals surface area contributed by atoms with Crippen LogP contribution in [-0.4, -0.2) is 41.9 Å². The van der Waals surface area contributed by atoms with Crippen molar-refractivity contribution >= 4 is 23.2 Å². The summed E-state index contributed by atoms with van der Waals surface area (Å²) in [6.45, 7) is 2.57. The predicted octanol–water partition coefficient (Wildman–Crippen LogP) is 1.20. The van der Waals surface area contributed by atoms with Gasteiger partial charge in [0.1, 0.15) is 6.54 Å². The van der Waals surface area contributed by atoms with E-state index in [2.05, 4.69) is 5.32 Å². The number of β-amino-alcohol motifs (C(OH)–C–C–N with tert-alkyl or cyclic N) is 1. The second-order valence-electron chi connectivity index (χ2n) is 4.28. The van der Waals surface area contributed by atoms with Gasteiger partial charge >= 0.3 is 0 Å². The molecule has 1 aliphatic heterocycles. The maximum Gasteiger partial charge on any atom is 0.240 e. The van der Waals surface area contributed by atoms with Gasteiger partial charge in [0.05, 0.1) is 19.3 Å². The number of amides is 1. The lowest BCUT2D eigenvalue weighted by Gasteiger charge is -2.13. The van der Waals surface area contributed by atoms with E-state index in [-0.39, 0.29) is 19.1 Å². The van der Waals surface area contributed by atoms with Crippen molar-refractivity contribution < 1.29 is 14.7 Å². The Labute approximate surface area is 110 Å². The van der Waals surface area contributed by atoms with Gasteiger partial charge in [-0.05, 0) is 24.6 Å². The molecule has 0 bridgehead atoms. The molecule has 2 rings (SSSR count). The fraction of sp³-hybridized carbons (Fsp3) is 0.417. The molecule has 1 fully saturated rings. The fourth-order valence-electron chi connectivity index (χ4n) is 1.67. The van der Waals surface area contributed by atoms with Gasteiger partial charge < -0.3 is 10.4 Å². The lowest BCUT2D eigenvalue weighted by Crippen LogP contribution is -2.31. The molecule has 0 radical (unpaired) electrons. The van der Waals surface area contributed by atoms with Crippen molar-refractivity contribution in [2.75, 3.05) is 25.0 Å². The molecule has 1 aliphatic rings. The highest BCUT2D eigenvalue weighted by Crippen LogP contribution is 2.19. The van der Waals surface area contributed by atoms with Crippen LogP contribution in [0, 0.1) is 6.92 Å². The summed E-state index contributed by atoms with van der Waals surface area (Å²) in [7, 11) is 0. The van der Waals surface area contributed by atoms with Gasteiger partial charge in [0.2, 0.25) is 5.91 Å². The van der Waals surface area contributed by atoms with Crippen LogP contribution in [0.2, 0.25) is 5.02 Å². The number of rotatable bonds is 3. The number of carbonyl (C=O) groups excluding carboxylic acids is 1. The van der Waals surface area contributed by atoms with Gasteiger partial charge in [0.25, 0.3) is 0 Å². The van der Waals surface area contributed by atoms with Crippen LogP contribution in [0.3, 0.4) is 0 Å². The third kappa shape index (κ3) is 3.43. The Morgan fingerprint density at radius 3 is 3.06 bits per heavy atom. The summed E-state index contributed by atoms with van der Waals surface area (Å²) < 4.78 is 0. The standard InChI is InChI=1S/C12H15ClN2O3/c1-8-2-3-9(4-11(8)13)14-12(17)6-15-5-10(16)7-18-15/h2-4,10,16H,5-7H2,1H3,(H,14,17)/t10-/m0/s1. The zero-order valence-electron chi connectivity index (χ0n) is 10.0. The number of benzene rings is 1. The van der Waals surface area contributed by atoms with Gasteiger partial charge in [-0.2, -0.15) is 5.06 Å². The highest BCUT2D eigenvalue weighted by Gasteiger charge is 2.23. The first-order valence-corrected chi connectivity index (χ1v) is 6.04. The highest BCUT2D eigenvalue weighted by molar-refractivity contribution is 6.31. The summed E-state index contributed by atoms with van der Waals surface area (Å²) in [4.78, 5) is 16.8. The number of nitrogens with one attached hydrogen (secondary N) is 1. The smallest absolute Gasteiger partial charge is 0.240 e. The lowest BCUT2D eigenvalue weighted by atomic mass is 10.2. The minimum atomic E-state index is -0.522. The summed E-state index contributed by atoms with van der Waals surface area (Å²) in [5.41, 5.74) is 1.61. The summed E-state index contributed by atoms with van der Waals surface area (Å²) in [6.07, 6.45) is -0.522. The molecular weight excluding hydrogens is 256 g/mol. The minimum Gasteiger partial charge on any atom is -0.389 e. The molecule has 6 heteroatoms. The number of halogens is 1. The van der Waals surface area contributed by atoms with Crippen molar-refractivity contribution in [3.63, 3.8) is 0 Å². The molecule has 1 aromatic carbocycles. The van der Waals surface area contributed by atoms with Crippen LogP contribution in [0.1, 0.15) is 5.56 Å². The lowest BCUT2D eigenvalue weighted by molar-refractivity contribution is -0.138. The van der Waals surface area contributed by atoms with Gasteiger partial charge in [0.15, 0.2) is 0 Å². The zero-order valence-corrected chi connectivity index (χ0v) is 10.8. The Hall–Kier alpha value is -1.14. The van der Waals surface area contributed by atoms with E-state index in [9.17, 15) is 9.90 Å². The third-order valence-electron chi connectivity index (χ3n) is 2.64. The van der Waals surface area contributed by atoms with Crippen molar-refractivity contribution in [3.05, 3.63) is 28.8 Å². The average molecular weight is 271 g/mol. The minimum absolute atomic E-state index is 0.0859. The van der Waals surface area contributed by atoms with Crippen molar-refractivity contribution in [2.24, 2.45) is 0 Å². The van der Waals surface area contributed by atoms with Crippen LogP contribution in [0.5, 0.6) is 0 Å². The molecule has 98 valence electrons. The van der Waals surface area contributed by atoms with Gasteiger partial charge in [-0.1, -0.05) is 17.7 Å². The average Bonchev–Trinajstić information content (AvgIpc) is 2.69. The molecule has 0 aliphatic carbocycles. The van der Waals surface area contributed by atoms with Crippen LogP contribution < -0.4 is 5.32 Å². The first kappa shape index (κ1) is 13.3. The van der Waals surface area contributed by atoms with E-state index in [1.165, 1.54) is 5.06 Å². The maximum absolute atomic E-state index is 11.7. The molecule has 0 spiro atoms. The summed E-state index contributed by atoms with van der Waals surface area (Å²) in [5.74, 6) is -0.205. The fourth-order valence-corrected chi connectivity index (χ4v) is 1.85. The van der Waals surface area contributed by atoms with Crippen LogP contribution >= 0.6 is 11.6 Å². The third-order valence-corrected chi connectivity index (χ3v) is 3.05. The molecule has 1 atom stereocenters. The van der Waals surface area contributed by atoms with Gasteiger partial charge in [-0.25, -0.2) is 0 Å². The molecular formula is C12H15ClN2O3. The summed E-state index contributed by atoms with van der Waals surface area (Å²) >= 11 is 5.97. The van der Waals surface area contributed by atoms with Crippen molar-refractivity contribution in [1.29, 1.82) is 0 Å². The monoisotopic (exact) mass is 270 g/mol. The molecule has 2 N–H and O–H groups in total. The number of aliphatic hydroxyl groups is 1. The van der Waals surface area contributed by atoms with Gasteiger partial charge in [0, 0.05) is 10.7 Å². The first-order chi connectivity index (χ1) is 8.54. The predicted molar refractivity (Wildman–Crippen MR) is 68.4 cm³/mol. The number of aliphatic hydroxyl groups excluding tert-OH is 1. The molecule has 0 saturated carbocycles. The molecule has 5 nitrogen and oxygen atoms in total. The van der Waals surface area contributed by atoms with Crippen molar-refractivity contribution in [2.45, 2.75) is 13.0 Å². The Morgan fingerprint density at radius 2 is 2.44 bits per heavy atom. The number of nitrogens with zero attached hydrogens (tertiary/aromatic N) is 1. The number of carbonyl (C=O) groups is 1. The molecule has 1 amide bonds. The molecule has 0 aromatic heterocycles. The number of hydrogen-bond acceptors (Lipinski definition) is 4. The zero-order chi connectivity index (χ0) is 13.1. The first-order valence-electron chi connectivity index (χ1n) is 5.66.